The number of hydrogen-bond acceptors (Lipinski definition) is 6. The Balaban J connectivity index is 2.40. The molecule has 2 rings (SSSR count). The number of nitrogens with one attached hydrogen (secondary N) is 1. The predicted molar refractivity (Wildman–Crippen MR) is 89.5 cm³/mol. The second-order valence-electron chi connectivity index (χ2n) is 5.24. The monoisotopic (exact) mass is 428 g/mol. The molecule has 7 nitrogen and oxygen atoms in total. The molecular weight excluding hydrogens is 416 g/mol. The number of alkyl halides is 3. The molecule has 0 atom stereocenters. The molecule has 27 heavy (non-hydrogen) atoms. The fraction of sp³-hybridized carbons (Fsp3) is 0.333. The smallest absolute Gasteiger partial charge is 0.466 e. The van der Waals surface area contributed by atoms with E-state index in [2.05, 4.69) is 14.8 Å². The van der Waals surface area contributed by atoms with Gasteiger partial charge in [-0.1, -0.05) is 23.2 Å². The van der Waals surface area contributed by atoms with Gasteiger partial charge in [-0.15, -0.1) is 13.2 Å². The molecular formula is C15H13Cl2F3N2O5. The van der Waals surface area contributed by atoms with Crippen LogP contribution in [-0.2, 0) is 14.3 Å². The molecule has 0 saturated heterocycles. The van der Waals surface area contributed by atoms with Gasteiger partial charge in [-0.25, -0.2) is 4.79 Å². The van der Waals surface area contributed by atoms with E-state index in [9.17, 15) is 22.8 Å². The Kier molecular flexibility index (Phi) is 6.45. The molecule has 2 N–H and O–H groups in total. The number of nitrogens with zero attached hydrogens (tertiary/aromatic N) is 1. The van der Waals surface area contributed by atoms with Gasteiger partial charge in [0.15, 0.2) is 5.75 Å². The number of β-amino-alcohol motifs (C(OH)–C–C–N with tert-alkyl or cyclic N) is 1. The second kappa shape index (κ2) is 8.24. The van der Waals surface area contributed by atoms with Crippen LogP contribution in [0.25, 0.3) is 0 Å². The Morgan fingerprint density at radius 3 is 2.59 bits per heavy atom. The Hall–Kier alpha value is -2.17. The van der Waals surface area contributed by atoms with E-state index in [0.29, 0.717) is 0 Å². The Morgan fingerprint density at radius 2 is 2.04 bits per heavy atom. The van der Waals surface area contributed by atoms with Crippen molar-refractivity contribution < 1.29 is 37.3 Å². The maximum atomic E-state index is 12.5. The summed E-state index contributed by atoms with van der Waals surface area (Å²) in [5.74, 6) is -2.23. The fourth-order valence-corrected chi connectivity index (χ4v) is 2.69. The van der Waals surface area contributed by atoms with Gasteiger partial charge in [-0.3, -0.25) is 4.79 Å². The molecule has 12 heteroatoms. The lowest BCUT2D eigenvalue weighted by molar-refractivity contribution is -0.274. The SMILES string of the molecule is COC(=O)C1=C(Nc2cc(Cl)c(Cl)c(OC(F)(F)F)c2)C(=O)N(CCO)C1. The highest BCUT2D eigenvalue weighted by Crippen LogP contribution is 2.39. The summed E-state index contributed by atoms with van der Waals surface area (Å²) in [5, 5.41) is 10.8. The van der Waals surface area contributed by atoms with E-state index in [1.165, 1.54) is 4.90 Å². The third-order valence-electron chi connectivity index (χ3n) is 3.44. The van der Waals surface area contributed by atoms with Crippen LogP contribution in [0.1, 0.15) is 0 Å². The van der Waals surface area contributed by atoms with E-state index in [0.717, 1.165) is 19.2 Å². The molecule has 0 aromatic heterocycles. The Bertz CT molecular complexity index is 798. The lowest BCUT2D eigenvalue weighted by Crippen LogP contribution is -2.31. The number of amides is 1. The number of carbonyl (C=O) groups excluding carboxylic acids is 2. The highest BCUT2D eigenvalue weighted by Gasteiger charge is 2.35. The van der Waals surface area contributed by atoms with Gasteiger partial charge in [0.05, 0.1) is 30.9 Å². The molecule has 1 aliphatic rings. The van der Waals surface area contributed by atoms with Crippen molar-refractivity contribution in [3.8, 4) is 5.75 Å². The van der Waals surface area contributed by atoms with Crippen molar-refractivity contribution in [1.82, 2.24) is 4.90 Å². The minimum atomic E-state index is -5.01. The Labute approximate surface area is 161 Å². The molecule has 0 unspecified atom stereocenters. The lowest BCUT2D eigenvalue weighted by Gasteiger charge is -2.16. The second-order valence-corrected chi connectivity index (χ2v) is 6.02. The third kappa shape index (κ3) is 4.96. The number of aliphatic hydroxyl groups is 1. The lowest BCUT2D eigenvalue weighted by atomic mass is 10.2. The number of carbonyl (C=O) groups is 2. The molecule has 0 bridgehead atoms. The van der Waals surface area contributed by atoms with Crippen molar-refractivity contribution >= 4 is 40.8 Å². The summed E-state index contributed by atoms with van der Waals surface area (Å²) in [7, 11) is 1.11. The number of ether oxygens (including phenoxy) is 2. The van der Waals surface area contributed by atoms with Crippen LogP contribution in [0.4, 0.5) is 18.9 Å². The van der Waals surface area contributed by atoms with Gasteiger partial charge >= 0.3 is 12.3 Å². The molecule has 1 aromatic rings. The van der Waals surface area contributed by atoms with Crippen LogP contribution in [-0.4, -0.2) is 55.1 Å². The predicted octanol–water partition coefficient (Wildman–Crippen LogP) is 2.57. The number of hydrogen-bond donors (Lipinski definition) is 2. The first kappa shape index (κ1) is 21.1. The van der Waals surface area contributed by atoms with Crippen molar-refractivity contribution in [2.24, 2.45) is 0 Å². The molecule has 0 spiro atoms. The summed E-state index contributed by atoms with van der Waals surface area (Å²) in [6.07, 6.45) is -5.01. The largest absolute Gasteiger partial charge is 0.573 e. The van der Waals surface area contributed by atoms with Crippen molar-refractivity contribution in [3.05, 3.63) is 33.4 Å². The van der Waals surface area contributed by atoms with Crippen molar-refractivity contribution in [2.75, 3.05) is 32.1 Å². The zero-order chi connectivity index (χ0) is 20.4. The van der Waals surface area contributed by atoms with Gasteiger partial charge in [-0.2, -0.15) is 0 Å². The van der Waals surface area contributed by atoms with Gasteiger partial charge in [0, 0.05) is 18.3 Å². The van der Waals surface area contributed by atoms with Gasteiger partial charge in [0.1, 0.15) is 10.7 Å². The van der Waals surface area contributed by atoms with E-state index >= 15 is 0 Å². The number of halogens is 5. The highest BCUT2D eigenvalue weighted by atomic mass is 35.5. The van der Waals surface area contributed by atoms with Crippen LogP contribution in [0.15, 0.2) is 23.4 Å². The van der Waals surface area contributed by atoms with E-state index in [4.69, 9.17) is 28.3 Å². The Morgan fingerprint density at radius 1 is 1.37 bits per heavy atom. The first-order valence-corrected chi connectivity index (χ1v) is 8.06. The summed E-state index contributed by atoms with van der Waals surface area (Å²) in [4.78, 5) is 25.5. The molecule has 1 aromatic carbocycles. The van der Waals surface area contributed by atoms with E-state index in [1.54, 1.807) is 0 Å². The van der Waals surface area contributed by atoms with Crippen molar-refractivity contribution in [3.63, 3.8) is 0 Å². The van der Waals surface area contributed by atoms with Gasteiger partial charge < -0.3 is 24.8 Å². The number of benzene rings is 1. The average Bonchev–Trinajstić information content (AvgIpc) is 2.87. The summed E-state index contributed by atoms with van der Waals surface area (Å²) >= 11 is 11.5. The van der Waals surface area contributed by atoms with E-state index in [-0.39, 0.29) is 41.7 Å². The number of rotatable bonds is 6. The highest BCUT2D eigenvalue weighted by molar-refractivity contribution is 6.43. The topological polar surface area (TPSA) is 88.1 Å². The molecule has 0 radical (unpaired) electrons. The zero-order valence-electron chi connectivity index (χ0n) is 13.7. The van der Waals surface area contributed by atoms with Gasteiger partial charge in [-0.05, 0) is 6.07 Å². The third-order valence-corrected chi connectivity index (χ3v) is 4.23. The normalized spacial score (nSPS) is 14.6. The number of esters is 1. The van der Waals surface area contributed by atoms with Crippen molar-refractivity contribution in [1.29, 1.82) is 0 Å². The minimum Gasteiger partial charge on any atom is -0.466 e. The maximum absolute atomic E-state index is 12.5. The number of aliphatic hydroxyl groups excluding tert-OH is 1. The number of anilines is 1. The first-order valence-electron chi connectivity index (χ1n) is 7.30. The van der Waals surface area contributed by atoms with Gasteiger partial charge in [0.25, 0.3) is 5.91 Å². The van der Waals surface area contributed by atoms with Crippen molar-refractivity contribution in [2.45, 2.75) is 6.36 Å². The molecule has 1 heterocycles. The van der Waals surface area contributed by atoms with Crippen LogP contribution in [0, 0.1) is 0 Å². The summed E-state index contributed by atoms with van der Waals surface area (Å²) in [5.41, 5.74) is -0.341. The van der Waals surface area contributed by atoms with Gasteiger partial charge in [0.2, 0.25) is 0 Å². The fourth-order valence-electron chi connectivity index (χ4n) is 2.33. The standard InChI is InChI=1S/C15H13Cl2F3N2O5/c1-26-14(25)8-6-22(2-3-23)13(24)12(8)21-7-4-9(16)11(17)10(5-7)27-15(18,19)20/h4-5,21,23H,2-3,6H2,1H3. The van der Waals surface area contributed by atoms with Crippen LogP contribution in [0.3, 0.4) is 0 Å². The molecule has 0 fully saturated rings. The summed E-state index contributed by atoms with van der Waals surface area (Å²) in [6.45, 7) is -0.528. The van der Waals surface area contributed by atoms with E-state index < -0.39 is 29.0 Å². The number of methoxy groups -OCH3 is 1. The maximum Gasteiger partial charge on any atom is 0.573 e. The van der Waals surface area contributed by atoms with Crippen LogP contribution < -0.4 is 10.1 Å². The van der Waals surface area contributed by atoms with Crippen LogP contribution in [0.5, 0.6) is 5.75 Å². The summed E-state index contributed by atoms with van der Waals surface area (Å²) < 4.78 is 45.9. The van der Waals surface area contributed by atoms with E-state index in [1.807, 2.05) is 0 Å². The molecule has 148 valence electrons. The molecule has 0 saturated carbocycles. The summed E-state index contributed by atoms with van der Waals surface area (Å²) in [6, 6.07) is 2.04. The molecule has 1 amide bonds. The van der Waals surface area contributed by atoms with Crippen LogP contribution >= 0.6 is 23.2 Å². The average molecular weight is 429 g/mol. The molecule has 0 aliphatic carbocycles. The first-order chi connectivity index (χ1) is 12.6. The zero-order valence-corrected chi connectivity index (χ0v) is 15.2. The molecule has 1 aliphatic heterocycles. The minimum absolute atomic E-state index is 0.0473. The quantitative estimate of drug-likeness (QED) is 0.677. The van der Waals surface area contributed by atoms with Crippen LogP contribution in [0.2, 0.25) is 10.0 Å².